The zero-order valence-electron chi connectivity index (χ0n) is 16.8. The first-order valence-electron chi connectivity index (χ1n) is 9.44. The van der Waals surface area contributed by atoms with Crippen LogP contribution < -0.4 is 10.6 Å². The van der Waals surface area contributed by atoms with E-state index in [9.17, 15) is 14.4 Å². The predicted molar refractivity (Wildman–Crippen MR) is 109 cm³/mol. The molecule has 0 fully saturated rings. The Labute approximate surface area is 170 Å². The number of urea groups is 1. The molecule has 3 amide bonds. The third-order valence-electron chi connectivity index (χ3n) is 5.05. The van der Waals surface area contributed by atoms with Gasteiger partial charge >= 0.3 is 12.0 Å². The van der Waals surface area contributed by atoms with Crippen molar-refractivity contribution in [1.82, 2.24) is 10.2 Å². The third kappa shape index (κ3) is 5.00. The van der Waals surface area contributed by atoms with Gasteiger partial charge in [0.1, 0.15) is 6.04 Å². The van der Waals surface area contributed by atoms with Crippen molar-refractivity contribution in [2.45, 2.75) is 32.9 Å². The summed E-state index contributed by atoms with van der Waals surface area (Å²) < 4.78 is 4.91. The van der Waals surface area contributed by atoms with E-state index >= 15 is 0 Å². The quantitative estimate of drug-likeness (QED) is 0.777. The van der Waals surface area contributed by atoms with Crippen LogP contribution in [0.1, 0.15) is 22.3 Å². The molecule has 3 rings (SSSR count). The molecule has 2 aromatic carbocycles. The number of esters is 1. The van der Waals surface area contributed by atoms with Crippen LogP contribution in [0.3, 0.4) is 0 Å². The van der Waals surface area contributed by atoms with Gasteiger partial charge in [-0.2, -0.15) is 0 Å². The summed E-state index contributed by atoms with van der Waals surface area (Å²) in [5.41, 5.74) is 4.75. The molecule has 0 aromatic heterocycles. The Bertz CT molecular complexity index is 941. The smallest absolute Gasteiger partial charge is 0.325 e. The Morgan fingerprint density at radius 2 is 1.83 bits per heavy atom. The minimum Gasteiger partial charge on any atom is -0.468 e. The SMILES string of the molecule is COC(=O)[C@H]1Cc2ccccc2CN1CC(=O)NC(=O)Nc1ccc(C)cc1C. The van der Waals surface area contributed by atoms with Crippen LogP contribution in [0.4, 0.5) is 10.5 Å². The standard InChI is InChI=1S/C22H25N3O4/c1-14-8-9-18(15(2)10-14)23-22(28)24-20(26)13-25-12-17-7-5-4-6-16(17)11-19(25)21(27)29-3/h4-10,19H,11-13H2,1-3H3,(H2,23,24,26,28)/t19-/m1/s1. The van der Waals surface area contributed by atoms with E-state index in [2.05, 4.69) is 10.6 Å². The summed E-state index contributed by atoms with van der Waals surface area (Å²) >= 11 is 0. The monoisotopic (exact) mass is 395 g/mol. The van der Waals surface area contributed by atoms with Gasteiger partial charge in [-0.3, -0.25) is 19.8 Å². The van der Waals surface area contributed by atoms with Crippen molar-refractivity contribution in [3.05, 3.63) is 64.7 Å². The molecule has 0 saturated heterocycles. The first-order chi connectivity index (χ1) is 13.9. The number of imide groups is 1. The van der Waals surface area contributed by atoms with Gasteiger partial charge in [-0.1, -0.05) is 42.0 Å². The number of carbonyl (C=O) groups is 3. The van der Waals surface area contributed by atoms with Gasteiger partial charge in [-0.05, 0) is 43.0 Å². The second-order valence-electron chi connectivity index (χ2n) is 7.24. The number of rotatable bonds is 4. The van der Waals surface area contributed by atoms with Crippen molar-refractivity contribution in [3.8, 4) is 0 Å². The molecule has 2 aromatic rings. The maximum atomic E-state index is 12.5. The minimum atomic E-state index is -0.603. The van der Waals surface area contributed by atoms with Gasteiger partial charge in [-0.25, -0.2) is 4.79 Å². The van der Waals surface area contributed by atoms with Crippen LogP contribution in [0.2, 0.25) is 0 Å². The lowest BCUT2D eigenvalue weighted by Crippen LogP contribution is -2.51. The topological polar surface area (TPSA) is 87.7 Å². The molecular formula is C22H25N3O4. The Morgan fingerprint density at radius 3 is 2.52 bits per heavy atom. The lowest BCUT2D eigenvalue weighted by atomic mass is 9.94. The lowest BCUT2D eigenvalue weighted by molar-refractivity contribution is -0.148. The fourth-order valence-corrected chi connectivity index (χ4v) is 3.57. The Kier molecular flexibility index (Phi) is 6.29. The van der Waals surface area contributed by atoms with Crippen molar-refractivity contribution < 1.29 is 19.1 Å². The predicted octanol–water partition coefficient (Wildman–Crippen LogP) is 2.55. The number of aryl methyl sites for hydroxylation is 2. The first kappa shape index (κ1) is 20.5. The van der Waals surface area contributed by atoms with Crippen LogP contribution in [-0.4, -0.2) is 42.5 Å². The highest BCUT2D eigenvalue weighted by molar-refractivity contribution is 6.02. The van der Waals surface area contributed by atoms with Gasteiger partial charge in [-0.15, -0.1) is 0 Å². The third-order valence-corrected chi connectivity index (χ3v) is 5.05. The van der Waals surface area contributed by atoms with Crippen LogP contribution in [0, 0.1) is 13.8 Å². The van der Waals surface area contributed by atoms with E-state index in [0.29, 0.717) is 18.7 Å². The molecule has 1 aliphatic rings. The van der Waals surface area contributed by atoms with E-state index in [0.717, 1.165) is 22.3 Å². The number of benzene rings is 2. The summed E-state index contributed by atoms with van der Waals surface area (Å²) in [7, 11) is 1.33. The van der Waals surface area contributed by atoms with E-state index < -0.39 is 23.9 Å². The zero-order valence-corrected chi connectivity index (χ0v) is 16.8. The highest BCUT2D eigenvalue weighted by Crippen LogP contribution is 2.23. The second kappa shape index (κ2) is 8.87. The molecule has 1 atom stereocenters. The highest BCUT2D eigenvalue weighted by atomic mass is 16.5. The molecule has 29 heavy (non-hydrogen) atoms. The van der Waals surface area contributed by atoms with E-state index in [-0.39, 0.29) is 6.54 Å². The normalized spacial score (nSPS) is 15.9. The number of nitrogens with zero attached hydrogens (tertiary/aromatic N) is 1. The molecule has 152 valence electrons. The summed E-state index contributed by atoms with van der Waals surface area (Å²) in [4.78, 5) is 38.6. The molecule has 0 aliphatic carbocycles. The number of methoxy groups -OCH3 is 1. The fraction of sp³-hybridized carbons (Fsp3) is 0.318. The van der Waals surface area contributed by atoms with E-state index in [4.69, 9.17) is 4.74 Å². The Morgan fingerprint density at radius 1 is 1.10 bits per heavy atom. The average Bonchev–Trinajstić information content (AvgIpc) is 2.69. The van der Waals surface area contributed by atoms with Crippen LogP contribution in [-0.2, 0) is 27.3 Å². The number of anilines is 1. The van der Waals surface area contributed by atoms with Crippen molar-refractivity contribution in [2.75, 3.05) is 19.0 Å². The molecule has 2 N–H and O–H groups in total. The van der Waals surface area contributed by atoms with Gasteiger partial charge in [0.2, 0.25) is 5.91 Å². The molecule has 0 spiro atoms. The largest absolute Gasteiger partial charge is 0.468 e. The molecule has 0 bridgehead atoms. The number of nitrogens with one attached hydrogen (secondary N) is 2. The maximum absolute atomic E-state index is 12.5. The average molecular weight is 395 g/mol. The van der Waals surface area contributed by atoms with E-state index in [1.807, 2.05) is 50.2 Å². The van der Waals surface area contributed by atoms with Crippen molar-refractivity contribution in [3.63, 3.8) is 0 Å². The Balaban J connectivity index is 1.65. The van der Waals surface area contributed by atoms with Crippen LogP contribution >= 0.6 is 0 Å². The molecule has 0 unspecified atom stereocenters. The van der Waals surface area contributed by atoms with Crippen molar-refractivity contribution >= 4 is 23.6 Å². The summed E-state index contributed by atoms with van der Waals surface area (Å²) in [6, 6.07) is 12.3. The van der Waals surface area contributed by atoms with Crippen LogP contribution in [0.5, 0.6) is 0 Å². The maximum Gasteiger partial charge on any atom is 0.325 e. The second-order valence-corrected chi connectivity index (χ2v) is 7.24. The van der Waals surface area contributed by atoms with Gasteiger partial charge in [0.25, 0.3) is 0 Å². The molecule has 7 nitrogen and oxygen atoms in total. The van der Waals surface area contributed by atoms with E-state index in [1.54, 1.807) is 11.0 Å². The number of amides is 3. The number of fused-ring (bicyclic) bond motifs is 1. The molecule has 0 radical (unpaired) electrons. The van der Waals surface area contributed by atoms with Gasteiger partial charge in [0, 0.05) is 12.2 Å². The van der Waals surface area contributed by atoms with Crippen molar-refractivity contribution in [1.29, 1.82) is 0 Å². The molecule has 1 heterocycles. The number of hydrogen-bond acceptors (Lipinski definition) is 5. The Hall–Kier alpha value is -3.19. The van der Waals surface area contributed by atoms with Gasteiger partial charge in [0.15, 0.2) is 0 Å². The summed E-state index contributed by atoms with van der Waals surface area (Å²) in [5, 5.41) is 5.02. The first-order valence-corrected chi connectivity index (χ1v) is 9.44. The van der Waals surface area contributed by atoms with Crippen LogP contribution in [0.15, 0.2) is 42.5 Å². The number of carbonyl (C=O) groups excluding carboxylic acids is 3. The molecule has 1 aliphatic heterocycles. The molecular weight excluding hydrogens is 370 g/mol. The molecule has 0 saturated carbocycles. The summed E-state index contributed by atoms with van der Waals surface area (Å²) in [6.07, 6.45) is 0.463. The number of ether oxygens (including phenoxy) is 1. The highest BCUT2D eigenvalue weighted by Gasteiger charge is 2.33. The van der Waals surface area contributed by atoms with Crippen molar-refractivity contribution in [2.24, 2.45) is 0 Å². The van der Waals surface area contributed by atoms with Gasteiger partial charge in [0.05, 0.1) is 13.7 Å². The molecule has 7 heteroatoms. The minimum absolute atomic E-state index is 0.0889. The van der Waals surface area contributed by atoms with E-state index in [1.165, 1.54) is 7.11 Å². The summed E-state index contributed by atoms with van der Waals surface area (Å²) in [5.74, 6) is -0.882. The van der Waals surface area contributed by atoms with Gasteiger partial charge < -0.3 is 10.1 Å². The zero-order chi connectivity index (χ0) is 21.0. The lowest BCUT2D eigenvalue weighted by Gasteiger charge is -2.34. The number of hydrogen-bond donors (Lipinski definition) is 2. The summed E-state index contributed by atoms with van der Waals surface area (Å²) in [6.45, 7) is 4.20. The fourth-order valence-electron chi connectivity index (χ4n) is 3.57. The van der Waals surface area contributed by atoms with Crippen LogP contribution in [0.25, 0.3) is 0 Å².